The van der Waals surface area contributed by atoms with Crippen LogP contribution in [-0.4, -0.2) is 16.0 Å². The van der Waals surface area contributed by atoms with Crippen LogP contribution in [0.3, 0.4) is 0 Å². The zero-order valence-electron chi connectivity index (χ0n) is 13.6. The summed E-state index contributed by atoms with van der Waals surface area (Å²) in [5, 5.41) is 10.3. The molecule has 0 saturated carbocycles. The SMILES string of the molecule is CCP(=O)(O)c1cc(Oc2ccc(C(F)(F)F)cc2Cl)ccc1[N+](=O)[O-].Cl. The van der Waals surface area contributed by atoms with Gasteiger partial charge in [0.05, 0.1) is 15.5 Å². The molecule has 0 heterocycles. The molecule has 1 N–H and O–H groups in total. The molecular formula is C15H13Cl2F3NO5P. The number of hydrogen-bond donors (Lipinski definition) is 1. The van der Waals surface area contributed by atoms with Crippen molar-refractivity contribution in [3.63, 3.8) is 0 Å². The van der Waals surface area contributed by atoms with Crippen molar-refractivity contribution in [2.24, 2.45) is 0 Å². The van der Waals surface area contributed by atoms with Gasteiger partial charge in [-0.25, -0.2) is 0 Å². The van der Waals surface area contributed by atoms with Gasteiger partial charge >= 0.3 is 6.18 Å². The first kappa shape index (κ1) is 23.2. The number of ether oxygens (including phenoxy) is 1. The number of nitrogens with zero attached hydrogens (tertiary/aromatic N) is 1. The molecule has 0 fully saturated rings. The highest BCUT2D eigenvalue weighted by molar-refractivity contribution is 7.66. The Kier molecular flexibility index (Phi) is 7.30. The third-order valence-corrected chi connectivity index (χ3v) is 5.70. The topological polar surface area (TPSA) is 89.7 Å². The summed E-state index contributed by atoms with van der Waals surface area (Å²) in [6.45, 7) is 1.39. The van der Waals surface area contributed by atoms with E-state index in [9.17, 15) is 32.7 Å². The number of rotatable bonds is 5. The fourth-order valence-corrected chi connectivity index (χ4v) is 3.46. The van der Waals surface area contributed by atoms with Crippen molar-refractivity contribution < 1.29 is 32.3 Å². The van der Waals surface area contributed by atoms with E-state index < -0.39 is 35.0 Å². The summed E-state index contributed by atoms with van der Waals surface area (Å²) >= 11 is 5.79. The van der Waals surface area contributed by atoms with Gasteiger partial charge in [-0.05, 0) is 24.3 Å². The van der Waals surface area contributed by atoms with Crippen molar-refractivity contribution in [3.8, 4) is 11.5 Å². The van der Waals surface area contributed by atoms with Gasteiger partial charge in [0.15, 0.2) is 0 Å². The smallest absolute Gasteiger partial charge is 0.416 e. The number of halogens is 5. The number of nitro groups is 1. The highest BCUT2D eigenvalue weighted by atomic mass is 35.5. The molecule has 6 nitrogen and oxygen atoms in total. The van der Waals surface area contributed by atoms with Crippen molar-refractivity contribution in [2.75, 3.05) is 6.16 Å². The standard InChI is InChI=1S/C15H12ClF3NO5P.ClH/c1-2-26(23,24)14-8-10(4-5-12(14)20(21)22)25-13-6-3-9(7-11(13)16)15(17,18)19;/h3-8H,2H2,1H3,(H,23,24);1H. The van der Waals surface area contributed by atoms with Crippen molar-refractivity contribution >= 4 is 42.4 Å². The molecule has 27 heavy (non-hydrogen) atoms. The van der Waals surface area contributed by atoms with Gasteiger partial charge in [-0.15, -0.1) is 12.4 Å². The van der Waals surface area contributed by atoms with Crippen LogP contribution in [0.15, 0.2) is 36.4 Å². The normalized spacial score (nSPS) is 13.4. The first-order chi connectivity index (χ1) is 12.0. The van der Waals surface area contributed by atoms with Crippen LogP contribution in [0.1, 0.15) is 12.5 Å². The van der Waals surface area contributed by atoms with Crippen molar-refractivity contribution in [3.05, 3.63) is 57.1 Å². The van der Waals surface area contributed by atoms with E-state index in [0.29, 0.717) is 6.07 Å². The van der Waals surface area contributed by atoms with E-state index in [1.54, 1.807) is 0 Å². The molecule has 2 aromatic rings. The predicted octanol–water partition coefficient (Wildman–Crippen LogP) is 5.40. The summed E-state index contributed by atoms with van der Waals surface area (Å²) in [7, 11) is -3.99. The Balaban J connectivity index is 0.00000364. The molecule has 0 aliphatic heterocycles. The Morgan fingerprint density at radius 2 is 1.89 bits per heavy atom. The molecule has 1 atom stereocenters. The molecular weight excluding hydrogens is 433 g/mol. The highest BCUT2D eigenvalue weighted by Crippen LogP contribution is 2.43. The number of benzene rings is 2. The average Bonchev–Trinajstić information content (AvgIpc) is 2.55. The van der Waals surface area contributed by atoms with Crippen LogP contribution < -0.4 is 10.0 Å². The van der Waals surface area contributed by atoms with E-state index in [0.717, 1.165) is 30.3 Å². The van der Waals surface area contributed by atoms with Gasteiger partial charge < -0.3 is 9.63 Å². The Labute approximate surface area is 162 Å². The lowest BCUT2D eigenvalue weighted by molar-refractivity contribution is -0.383. The first-order valence-corrected chi connectivity index (χ1v) is 9.33. The third kappa shape index (κ3) is 5.35. The van der Waals surface area contributed by atoms with Crippen molar-refractivity contribution in [1.82, 2.24) is 0 Å². The molecule has 12 heteroatoms. The molecule has 0 radical (unpaired) electrons. The van der Waals surface area contributed by atoms with Crippen molar-refractivity contribution in [1.29, 1.82) is 0 Å². The molecule has 148 valence electrons. The lowest BCUT2D eigenvalue weighted by Crippen LogP contribution is -2.12. The molecule has 0 aromatic heterocycles. The van der Waals surface area contributed by atoms with E-state index in [2.05, 4.69) is 0 Å². The zero-order chi connectivity index (χ0) is 19.7. The van der Waals surface area contributed by atoms with Crippen LogP contribution in [0.4, 0.5) is 18.9 Å². The van der Waals surface area contributed by atoms with Gasteiger partial charge in [-0.2, -0.15) is 13.2 Å². The minimum atomic E-state index is -4.58. The van der Waals surface area contributed by atoms with Gasteiger partial charge in [0.2, 0.25) is 7.37 Å². The fraction of sp³-hybridized carbons (Fsp3) is 0.200. The Hall–Kier alpha value is -1.80. The summed E-state index contributed by atoms with van der Waals surface area (Å²) in [4.78, 5) is 20.2. The molecule has 2 rings (SSSR count). The molecule has 0 aliphatic carbocycles. The zero-order valence-corrected chi connectivity index (χ0v) is 16.0. The van der Waals surface area contributed by atoms with Crippen LogP contribution in [0.2, 0.25) is 5.02 Å². The minimum Gasteiger partial charge on any atom is -0.456 e. The summed E-state index contributed by atoms with van der Waals surface area (Å²) in [5.41, 5.74) is -1.52. The van der Waals surface area contributed by atoms with Gasteiger partial charge in [-0.3, -0.25) is 14.7 Å². The highest BCUT2D eigenvalue weighted by Gasteiger charge is 2.32. The number of alkyl halides is 3. The molecule has 0 saturated heterocycles. The quantitative estimate of drug-likeness (QED) is 0.378. The second-order valence-corrected chi connectivity index (χ2v) is 8.10. The Morgan fingerprint density at radius 1 is 1.26 bits per heavy atom. The van der Waals surface area contributed by atoms with Gasteiger partial charge in [0, 0.05) is 18.3 Å². The lowest BCUT2D eigenvalue weighted by Gasteiger charge is -2.13. The molecule has 1 unspecified atom stereocenters. The van der Waals surface area contributed by atoms with Gasteiger partial charge in [0.25, 0.3) is 5.69 Å². The van der Waals surface area contributed by atoms with Crippen LogP contribution in [-0.2, 0) is 10.7 Å². The van der Waals surface area contributed by atoms with Crippen LogP contribution in [0.25, 0.3) is 0 Å². The Bertz CT molecular complexity index is 908. The summed E-state index contributed by atoms with van der Waals surface area (Å²) in [6, 6.07) is 5.58. The van der Waals surface area contributed by atoms with Crippen LogP contribution in [0.5, 0.6) is 11.5 Å². The van der Waals surface area contributed by atoms with Crippen molar-refractivity contribution in [2.45, 2.75) is 13.1 Å². The summed E-state index contributed by atoms with van der Waals surface area (Å²) in [5.74, 6) is -0.210. The molecule has 0 bridgehead atoms. The fourth-order valence-electron chi connectivity index (χ4n) is 2.06. The summed E-state index contributed by atoms with van der Waals surface area (Å²) in [6.07, 6.45) is -4.81. The van der Waals surface area contributed by atoms with E-state index in [1.807, 2.05) is 0 Å². The molecule has 0 spiro atoms. The largest absolute Gasteiger partial charge is 0.456 e. The lowest BCUT2D eigenvalue weighted by atomic mass is 10.2. The maximum Gasteiger partial charge on any atom is 0.416 e. The average molecular weight is 446 g/mol. The van der Waals surface area contributed by atoms with E-state index in [4.69, 9.17) is 16.3 Å². The predicted molar refractivity (Wildman–Crippen MR) is 96.9 cm³/mol. The first-order valence-electron chi connectivity index (χ1n) is 7.11. The number of hydrogen-bond acceptors (Lipinski definition) is 4. The summed E-state index contributed by atoms with van der Waals surface area (Å²) < 4.78 is 55.5. The molecule has 0 amide bonds. The maximum absolute atomic E-state index is 12.6. The minimum absolute atomic E-state index is 0. The van der Waals surface area contributed by atoms with E-state index >= 15 is 0 Å². The Morgan fingerprint density at radius 3 is 2.37 bits per heavy atom. The second kappa shape index (κ2) is 8.48. The van der Waals surface area contributed by atoms with Gasteiger partial charge in [-0.1, -0.05) is 18.5 Å². The molecule has 2 aromatic carbocycles. The van der Waals surface area contributed by atoms with E-state index in [1.165, 1.54) is 6.92 Å². The second-order valence-electron chi connectivity index (χ2n) is 5.17. The maximum atomic E-state index is 12.6. The third-order valence-electron chi connectivity index (χ3n) is 3.44. The van der Waals surface area contributed by atoms with Crippen LogP contribution >= 0.6 is 31.4 Å². The molecule has 0 aliphatic rings. The number of nitro benzene ring substituents is 1. The van der Waals surface area contributed by atoms with Gasteiger partial charge in [0.1, 0.15) is 16.8 Å². The monoisotopic (exact) mass is 445 g/mol. The van der Waals surface area contributed by atoms with E-state index in [-0.39, 0.29) is 35.1 Å². The van der Waals surface area contributed by atoms with Crippen LogP contribution in [0, 0.1) is 10.1 Å².